The Bertz CT molecular complexity index is 960. The van der Waals surface area contributed by atoms with Gasteiger partial charge >= 0.3 is 0 Å². The third kappa shape index (κ3) is 6.52. The van der Waals surface area contributed by atoms with Gasteiger partial charge in [0.25, 0.3) is 5.91 Å². The third-order valence-corrected chi connectivity index (χ3v) is 5.23. The monoisotopic (exact) mass is 415 g/mol. The maximum Gasteiger partial charge on any atom is 0.251 e. The third-order valence-electron chi connectivity index (χ3n) is 5.23. The molecule has 0 bridgehead atoms. The molecule has 31 heavy (non-hydrogen) atoms. The van der Waals surface area contributed by atoms with Crippen molar-refractivity contribution in [3.8, 4) is 0 Å². The van der Waals surface area contributed by atoms with Crippen molar-refractivity contribution < 1.29 is 9.59 Å². The van der Waals surface area contributed by atoms with Gasteiger partial charge in [0.2, 0.25) is 5.91 Å². The Balaban J connectivity index is 1.67. The molecule has 5 heteroatoms. The summed E-state index contributed by atoms with van der Waals surface area (Å²) in [7, 11) is 3.99. The molecule has 3 aromatic rings. The van der Waals surface area contributed by atoms with Gasteiger partial charge in [-0.3, -0.25) is 9.59 Å². The first-order valence-electron chi connectivity index (χ1n) is 10.4. The van der Waals surface area contributed by atoms with Crippen molar-refractivity contribution in [1.82, 2.24) is 15.5 Å². The zero-order valence-electron chi connectivity index (χ0n) is 18.0. The highest BCUT2D eigenvalue weighted by atomic mass is 16.2. The van der Waals surface area contributed by atoms with Crippen LogP contribution in [0.15, 0.2) is 91.0 Å². The van der Waals surface area contributed by atoms with Crippen molar-refractivity contribution >= 4 is 11.8 Å². The van der Waals surface area contributed by atoms with E-state index in [-0.39, 0.29) is 24.3 Å². The zero-order valence-corrected chi connectivity index (χ0v) is 18.0. The summed E-state index contributed by atoms with van der Waals surface area (Å²) in [6.07, 6.45) is 0.164. The number of rotatable bonds is 9. The SMILES string of the molecule is CN(C)[C@@H](CNC(=O)C[C@@H](NC(=O)c1ccccc1)c1ccccc1)c1ccccc1. The molecule has 160 valence electrons. The molecule has 0 aliphatic carbocycles. The molecule has 0 heterocycles. The molecule has 0 aliphatic rings. The van der Waals surface area contributed by atoms with E-state index < -0.39 is 6.04 Å². The summed E-state index contributed by atoms with van der Waals surface area (Å²) in [6, 6.07) is 28.4. The van der Waals surface area contributed by atoms with Gasteiger partial charge in [-0.2, -0.15) is 0 Å². The fourth-order valence-electron chi connectivity index (χ4n) is 3.51. The molecule has 0 radical (unpaired) electrons. The van der Waals surface area contributed by atoms with Crippen molar-refractivity contribution in [2.75, 3.05) is 20.6 Å². The van der Waals surface area contributed by atoms with Crippen molar-refractivity contribution in [1.29, 1.82) is 0 Å². The van der Waals surface area contributed by atoms with E-state index in [4.69, 9.17) is 0 Å². The molecule has 0 unspecified atom stereocenters. The van der Waals surface area contributed by atoms with Gasteiger partial charge in [-0.1, -0.05) is 78.9 Å². The minimum Gasteiger partial charge on any atom is -0.354 e. The number of hydrogen-bond acceptors (Lipinski definition) is 3. The van der Waals surface area contributed by atoms with Crippen molar-refractivity contribution in [2.45, 2.75) is 18.5 Å². The second-order valence-corrected chi connectivity index (χ2v) is 7.70. The molecule has 3 rings (SSSR count). The second-order valence-electron chi connectivity index (χ2n) is 7.70. The highest BCUT2D eigenvalue weighted by Crippen LogP contribution is 2.19. The number of amides is 2. The Labute approximate surface area is 184 Å². The molecule has 5 nitrogen and oxygen atoms in total. The Morgan fingerprint density at radius 2 is 1.29 bits per heavy atom. The van der Waals surface area contributed by atoms with E-state index in [0.29, 0.717) is 12.1 Å². The van der Waals surface area contributed by atoms with E-state index in [0.717, 1.165) is 11.1 Å². The number of nitrogens with one attached hydrogen (secondary N) is 2. The second kappa shape index (κ2) is 11.1. The van der Waals surface area contributed by atoms with Crippen LogP contribution in [0.2, 0.25) is 0 Å². The van der Waals surface area contributed by atoms with Gasteiger partial charge in [-0.05, 0) is 37.4 Å². The van der Waals surface area contributed by atoms with Crippen LogP contribution in [0.25, 0.3) is 0 Å². The molecule has 0 aromatic heterocycles. The number of nitrogens with zero attached hydrogens (tertiary/aromatic N) is 1. The fourth-order valence-corrected chi connectivity index (χ4v) is 3.51. The molecule has 0 saturated carbocycles. The molecule has 0 fully saturated rings. The van der Waals surface area contributed by atoms with Crippen molar-refractivity contribution in [3.63, 3.8) is 0 Å². The highest BCUT2D eigenvalue weighted by molar-refractivity contribution is 5.94. The van der Waals surface area contributed by atoms with Crippen LogP contribution < -0.4 is 10.6 Å². The van der Waals surface area contributed by atoms with Gasteiger partial charge in [0.15, 0.2) is 0 Å². The van der Waals surface area contributed by atoms with Crippen LogP contribution in [0.3, 0.4) is 0 Å². The van der Waals surface area contributed by atoms with Crippen LogP contribution in [-0.2, 0) is 4.79 Å². The topological polar surface area (TPSA) is 61.4 Å². The summed E-state index contributed by atoms with van der Waals surface area (Å²) in [4.78, 5) is 27.6. The van der Waals surface area contributed by atoms with Crippen molar-refractivity contribution in [3.05, 3.63) is 108 Å². The molecule has 2 atom stereocenters. The maximum absolute atomic E-state index is 12.8. The van der Waals surface area contributed by atoms with E-state index in [1.165, 1.54) is 0 Å². The molecule has 0 aliphatic heterocycles. The van der Waals surface area contributed by atoms with Gasteiger partial charge in [-0.15, -0.1) is 0 Å². The maximum atomic E-state index is 12.8. The Morgan fingerprint density at radius 3 is 1.84 bits per heavy atom. The lowest BCUT2D eigenvalue weighted by Gasteiger charge is -2.26. The lowest BCUT2D eigenvalue weighted by atomic mass is 10.0. The van der Waals surface area contributed by atoms with E-state index >= 15 is 0 Å². The molecule has 2 N–H and O–H groups in total. The van der Waals surface area contributed by atoms with Crippen LogP contribution in [0.1, 0.15) is 40.0 Å². The van der Waals surface area contributed by atoms with Gasteiger partial charge in [0, 0.05) is 12.1 Å². The quantitative estimate of drug-likeness (QED) is 0.556. The standard InChI is InChI=1S/C26H29N3O2/c1-29(2)24(21-14-8-4-9-15-21)19-27-25(30)18-23(20-12-6-3-7-13-20)28-26(31)22-16-10-5-11-17-22/h3-17,23-24H,18-19H2,1-2H3,(H,27,30)(H,28,31)/t23-,24+/m1/s1. The van der Waals surface area contributed by atoms with Gasteiger partial charge in [0.1, 0.15) is 0 Å². The van der Waals surface area contributed by atoms with Gasteiger partial charge in [-0.25, -0.2) is 0 Å². The number of hydrogen-bond donors (Lipinski definition) is 2. The first kappa shape index (κ1) is 22.2. The number of carbonyl (C=O) groups excluding carboxylic acids is 2. The lowest BCUT2D eigenvalue weighted by molar-refractivity contribution is -0.121. The van der Waals surface area contributed by atoms with Crippen LogP contribution >= 0.6 is 0 Å². The van der Waals surface area contributed by atoms with Crippen LogP contribution in [0.5, 0.6) is 0 Å². The minimum absolute atomic E-state index is 0.0687. The summed E-state index contributed by atoms with van der Waals surface area (Å²) < 4.78 is 0. The number of likely N-dealkylation sites (N-methyl/N-ethyl adjacent to an activating group) is 1. The van der Waals surface area contributed by atoms with E-state index in [1.807, 2.05) is 80.8 Å². The molecule has 2 amide bonds. The first-order chi connectivity index (χ1) is 15.0. The molecule has 0 saturated heterocycles. The van der Waals surface area contributed by atoms with Gasteiger partial charge < -0.3 is 15.5 Å². The van der Waals surface area contributed by atoms with E-state index in [9.17, 15) is 9.59 Å². The van der Waals surface area contributed by atoms with Crippen molar-refractivity contribution in [2.24, 2.45) is 0 Å². The summed E-state index contributed by atoms with van der Waals surface area (Å²) in [6.45, 7) is 0.490. The molecular formula is C26H29N3O2. The molecule has 0 spiro atoms. The molecular weight excluding hydrogens is 386 g/mol. The Hall–Kier alpha value is -3.44. The summed E-state index contributed by atoms with van der Waals surface area (Å²) in [5.74, 6) is -0.303. The Morgan fingerprint density at radius 1 is 0.774 bits per heavy atom. The normalized spacial score (nSPS) is 12.7. The van der Waals surface area contributed by atoms with Gasteiger partial charge in [0.05, 0.1) is 18.5 Å². The van der Waals surface area contributed by atoms with E-state index in [1.54, 1.807) is 12.1 Å². The fraction of sp³-hybridized carbons (Fsp3) is 0.231. The smallest absolute Gasteiger partial charge is 0.251 e. The summed E-state index contributed by atoms with van der Waals surface area (Å²) in [5, 5.41) is 6.06. The van der Waals surface area contributed by atoms with Crippen LogP contribution in [0.4, 0.5) is 0 Å². The van der Waals surface area contributed by atoms with Crippen LogP contribution in [-0.4, -0.2) is 37.4 Å². The zero-order chi connectivity index (χ0) is 22.1. The van der Waals surface area contributed by atoms with E-state index in [2.05, 4.69) is 27.7 Å². The summed E-state index contributed by atoms with van der Waals surface area (Å²) >= 11 is 0. The number of carbonyl (C=O) groups is 2. The number of benzene rings is 3. The minimum atomic E-state index is -0.413. The Kier molecular flexibility index (Phi) is 7.96. The first-order valence-corrected chi connectivity index (χ1v) is 10.4. The predicted molar refractivity (Wildman–Crippen MR) is 124 cm³/mol. The average Bonchev–Trinajstić information content (AvgIpc) is 2.80. The lowest BCUT2D eigenvalue weighted by Crippen LogP contribution is -2.37. The summed E-state index contributed by atoms with van der Waals surface area (Å²) in [5.41, 5.74) is 2.61. The largest absolute Gasteiger partial charge is 0.354 e. The highest BCUT2D eigenvalue weighted by Gasteiger charge is 2.21. The van der Waals surface area contributed by atoms with Crippen LogP contribution in [0, 0.1) is 0 Å². The molecule has 3 aromatic carbocycles. The predicted octanol–water partition coefficient (Wildman–Crippen LogP) is 3.97. The average molecular weight is 416 g/mol.